The standard InChI is InChI=1S/C18H21N3O4S/c1-13-3-8-17-16(11-13)21(9-2-10-25-17)12-18(22)20-14-4-6-15(7-5-14)26(19,23)24/h3-8,11H,2,9-10,12H2,1H3,(H,20,22)(H2,19,23,24). The Balaban J connectivity index is 1.71. The third kappa shape index (κ3) is 4.33. The Hall–Kier alpha value is -2.58. The van der Waals surface area contributed by atoms with E-state index in [2.05, 4.69) is 5.32 Å². The number of hydrogen-bond acceptors (Lipinski definition) is 5. The van der Waals surface area contributed by atoms with E-state index in [0.29, 0.717) is 18.8 Å². The smallest absolute Gasteiger partial charge is 0.243 e. The lowest BCUT2D eigenvalue weighted by Crippen LogP contribution is -2.33. The largest absolute Gasteiger partial charge is 0.491 e. The minimum Gasteiger partial charge on any atom is -0.491 e. The number of sulfonamides is 1. The molecule has 0 atom stereocenters. The van der Waals surface area contributed by atoms with Crippen molar-refractivity contribution in [3.05, 3.63) is 48.0 Å². The van der Waals surface area contributed by atoms with Gasteiger partial charge in [-0.3, -0.25) is 4.79 Å². The molecular formula is C18H21N3O4S. The molecule has 1 aliphatic heterocycles. The van der Waals surface area contributed by atoms with Crippen LogP contribution in [-0.4, -0.2) is 34.0 Å². The number of anilines is 2. The second-order valence-corrected chi connectivity index (χ2v) is 7.77. The Kier molecular flexibility index (Phi) is 5.15. The van der Waals surface area contributed by atoms with Gasteiger partial charge in [-0.15, -0.1) is 0 Å². The first kappa shape index (κ1) is 18.2. The average molecular weight is 375 g/mol. The molecule has 0 spiro atoms. The molecule has 1 heterocycles. The van der Waals surface area contributed by atoms with Gasteiger partial charge in [0, 0.05) is 12.2 Å². The van der Waals surface area contributed by atoms with Gasteiger partial charge in [-0.25, -0.2) is 13.6 Å². The fourth-order valence-electron chi connectivity index (χ4n) is 2.82. The minimum absolute atomic E-state index is 0.00423. The second kappa shape index (κ2) is 7.35. The van der Waals surface area contributed by atoms with E-state index in [4.69, 9.17) is 9.88 Å². The zero-order valence-corrected chi connectivity index (χ0v) is 15.3. The highest BCUT2D eigenvalue weighted by molar-refractivity contribution is 7.89. The fourth-order valence-corrected chi connectivity index (χ4v) is 3.34. The van der Waals surface area contributed by atoms with Crippen LogP contribution in [0, 0.1) is 6.92 Å². The second-order valence-electron chi connectivity index (χ2n) is 6.21. The molecule has 0 aromatic heterocycles. The molecule has 7 nitrogen and oxygen atoms in total. The summed E-state index contributed by atoms with van der Waals surface area (Å²) in [6, 6.07) is 11.7. The Morgan fingerprint density at radius 1 is 1.23 bits per heavy atom. The van der Waals surface area contributed by atoms with Crippen molar-refractivity contribution < 1.29 is 17.9 Å². The normalized spacial score (nSPS) is 14.2. The molecule has 0 fully saturated rings. The van der Waals surface area contributed by atoms with E-state index in [1.165, 1.54) is 24.3 Å². The van der Waals surface area contributed by atoms with Crippen molar-refractivity contribution in [3.8, 4) is 5.75 Å². The zero-order valence-electron chi connectivity index (χ0n) is 14.4. The first-order chi connectivity index (χ1) is 12.3. The quantitative estimate of drug-likeness (QED) is 0.849. The van der Waals surface area contributed by atoms with Crippen molar-refractivity contribution in [2.75, 3.05) is 29.9 Å². The summed E-state index contributed by atoms with van der Waals surface area (Å²) in [5, 5.41) is 7.85. The molecule has 2 aromatic rings. The Labute approximate surface area is 152 Å². The average Bonchev–Trinajstić information content (AvgIpc) is 2.77. The molecule has 8 heteroatoms. The number of nitrogens with one attached hydrogen (secondary N) is 1. The van der Waals surface area contributed by atoms with E-state index in [1.807, 2.05) is 30.0 Å². The summed E-state index contributed by atoms with van der Waals surface area (Å²) >= 11 is 0. The lowest BCUT2D eigenvalue weighted by Gasteiger charge is -2.23. The van der Waals surface area contributed by atoms with Crippen LogP contribution in [0.2, 0.25) is 0 Å². The summed E-state index contributed by atoms with van der Waals surface area (Å²) in [5.41, 5.74) is 2.51. The van der Waals surface area contributed by atoms with Gasteiger partial charge in [0.2, 0.25) is 15.9 Å². The molecule has 138 valence electrons. The van der Waals surface area contributed by atoms with Gasteiger partial charge in [-0.05, 0) is 55.3 Å². The minimum atomic E-state index is -3.75. The van der Waals surface area contributed by atoms with Crippen molar-refractivity contribution in [3.63, 3.8) is 0 Å². The Bertz CT molecular complexity index is 911. The molecule has 0 radical (unpaired) electrons. The van der Waals surface area contributed by atoms with Gasteiger partial charge in [0.1, 0.15) is 5.75 Å². The van der Waals surface area contributed by atoms with E-state index < -0.39 is 10.0 Å². The third-order valence-electron chi connectivity index (χ3n) is 4.09. The van der Waals surface area contributed by atoms with Crippen molar-refractivity contribution in [2.24, 2.45) is 5.14 Å². The number of amides is 1. The number of primary sulfonamides is 1. The predicted molar refractivity (Wildman–Crippen MR) is 99.9 cm³/mol. The van der Waals surface area contributed by atoms with Crippen LogP contribution in [0.1, 0.15) is 12.0 Å². The topological polar surface area (TPSA) is 102 Å². The summed E-state index contributed by atoms with van der Waals surface area (Å²) in [6.07, 6.45) is 0.823. The first-order valence-electron chi connectivity index (χ1n) is 8.24. The number of nitrogens with two attached hydrogens (primary N) is 1. The van der Waals surface area contributed by atoms with Gasteiger partial charge in [0.05, 0.1) is 23.7 Å². The van der Waals surface area contributed by atoms with Gasteiger partial charge < -0.3 is 15.0 Å². The molecule has 2 aromatic carbocycles. The number of aryl methyl sites for hydroxylation is 1. The molecule has 0 bridgehead atoms. The van der Waals surface area contributed by atoms with Crippen molar-refractivity contribution in [2.45, 2.75) is 18.2 Å². The molecule has 3 rings (SSSR count). The van der Waals surface area contributed by atoms with Gasteiger partial charge in [0.25, 0.3) is 0 Å². The number of nitrogens with zero attached hydrogens (tertiary/aromatic N) is 1. The number of carbonyl (C=O) groups is 1. The highest BCUT2D eigenvalue weighted by atomic mass is 32.2. The first-order valence-corrected chi connectivity index (χ1v) is 9.79. The molecule has 1 aliphatic rings. The van der Waals surface area contributed by atoms with Crippen molar-refractivity contribution in [1.29, 1.82) is 0 Å². The monoisotopic (exact) mass is 375 g/mol. The van der Waals surface area contributed by atoms with Crippen LogP contribution in [0.3, 0.4) is 0 Å². The summed E-state index contributed by atoms with van der Waals surface area (Å²) in [4.78, 5) is 14.4. The van der Waals surface area contributed by atoms with E-state index in [-0.39, 0.29) is 17.3 Å². The number of carbonyl (C=O) groups excluding carboxylic acids is 1. The Morgan fingerprint density at radius 3 is 2.65 bits per heavy atom. The van der Waals surface area contributed by atoms with Crippen molar-refractivity contribution >= 4 is 27.3 Å². The number of benzene rings is 2. The van der Waals surface area contributed by atoms with Crippen LogP contribution in [0.5, 0.6) is 5.75 Å². The van der Waals surface area contributed by atoms with E-state index in [9.17, 15) is 13.2 Å². The molecule has 1 amide bonds. The molecule has 0 unspecified atom stereocenters. The number of rotatable bonds is 4. The maximum atomic E-state index is 12.4. The highest BCUT2D eigenvalue weighted by Crippen LogP contribution is 2.31. The summed E-state index contributed by atoms with van der Waals surface area (Å²) in [7, 11) is -3.75. The van der Waals surface area contributed by atoms with Crippen LogP contribution in [0.4, 0.5) is 11.4 Å². The van der Waals surface area contributed by atoms with Gasteiger partial charge in [-0.2, -0.15) is 0 Å². The van der Waals surface area contributed by atoms with Gasteiger partial charge in [0.15, 0.2) is 0 Å². The molecule has 3 N–H and O–H groups in total. The number of fused-ring (bicyclic) bond motifs is 1. The molecule has 0 saturated heterocycles. The van der Waals surface area contributed by atoms with E-state index >= 15 is 0 Å². The van der Waals surface area contributed by atoms with E-state index in [1.54, 1.807) is 0 Å². The summed E-state index contributed by atoms with van der Waals surface area (Å²) in [6.45, 7) is 3.50. The number of hydrogen-bond donors (Lipinski definition) is 2. The fraction of sp³-hybridized carbons (Fsp3) is 0.278. The molecule has 0 saturated carbocycles. The van der Waals surface area contributed by atoms with Crippen LogP contribution in [0.25, 0.3) is 0 Å². The maximum absolute atomic E-state index is 12.4. The van der Waals surface area contributed by atoms with Crippen molar-refractivity contribution in [1.82, 2.24) is 0 Å². The maximum Gasteiger partial charge on any atom is 0.243 e. The van der Waals surface area contributed by atoms with Crippen LogP contribution >= 0.6 is 0 Å². The Morgan fingerprint density at radius 2 is 1.96 bits per heavy atom. The zero-order chi connectivity index (χ0) is 18.7. The van der Waals surface area contributed by atoms with Gasteiger partial charge in [-0.1, -0.05) is 6.07 Å². The lowest BCUT2D eigenvalue weighted by molar-refractivity contribution is -0.115. The number of ether oxygens (including phenoxy) is 1. The van der Waals surface area contributed by atoms with Crippen LogP contribution < -0.4 is 20.1 Å². The van der Waals surface area contributed by atoms with Crippen LogP contribution in [0.15, 0.2) is 47.4 Å². The highest BCUT2D eigenvalue weighted by Gasteiger charge is 2.19. The lowest BCUT2D eigenvalue weighted by atomic mass is 10.2. The summed E-state index contributed by atoms with van der Waals surface area (Å²) in [5.74, 6) is 0.584. The third-order valence-corrected chi connectivity index (χ3v) is 5.02. The predicted octanol–water partition coefficient (Wildman–Crippen LogP) is 1.87. The van der Waals surface area contributed by atoms with Gasteiger partial charge >= 0.3 is 0 Å². The SMILES string of the molecule is Cc1ccc2c(c1)N(CC(=O)Nc1ccc(S(N)(=O)=O)cc1)CCCO2. The summed E-state index contributed by atoms with van der Waals surface area (Å²) < 4.78 is 28.3. The molecule has 0 aliphatic carbocycles. The molecular weight excluding hydrogens is 354 g/mol. The van der Waals surface area contributed by atoms with Crippen LogP contribution in [-0.2, 0) is 14.8 Å². The molecule has 26 heavy (non-hydrogen) atoms. The van der Waals surface area contributed by atoms with E-state index in [0.717, 1.165) is 23.4 Å².